The van der Waals surface area contributed by atoms with Gasteiger partial charge in [-0.25, -0.2) is 9.97 Å². The van der Waals surface area contributed by atoms with Crippen LogP contribution < -0.4 is 5.32 Å². The van der Waals surface area contributed by atoms with Gasteiger partial charge in [0.1, 0.15) is 5.82 Å². The van der Waals surface area contributed by atoms with Crippen molar-refractivity contribution >= 4 is 44.7 Å². The van der Waals surface area contributed by atoms with Crippen LogP contribution in [-0.2, 0) is 0 Å². The van der Waals surface area contributed by atoms with E-state index < -0.39 is 0 Å². The molecular formula is C9H7BrClN3S. The van der Waals surface area contributed by atoms with Gasteiger partial charge in [-0.3, -0.25) is 0 Å². The summed E-state index contributed by atoms with van der Waals surface area (Å²) in [6.07, 6.45) is 1.72. The Kier molecular flexibility index (Phi) is 3.23. The third-order valence-electron chi connectivity index (χ3n) is 1.77. The van der Waals surface area contributed by atoms with Crippen molar-refractivity contribution in [3.8, 4) is 10.7 Å². The molecule has 0 unspecified atom stereocenters. The molecule has 0 spiro atoms. The SMILES string of the molecule is CNc1nc(-c2ccc(Cl)s2)ncc1Br. The first kappa shape index (κ1) is 10.9. The van der Waals surface area contributed by atoms with Gasteiger partial charge in [-0.05, 0) is 28.1 Å². The molecular weight excluding hydrogens is 298 g/mol. The maximum Gasteiger partial charge on any atom is 0.171 e. The van der Waals surface area contributed by atoms with E-state index in [2.05, 4.69) is 31.2 Å². The topological polar surface area (TPSA) is 37.8 Å². The molecule has 0 amide bonds. The van der Waals surface area contributed by atoms with Gasteiger partial charge in [0.25, 0.3) is 0 Å². The van der Waals surface area contributed by atoms with Gasteiger partial charge in [-0.1, -0.05) is 11.6 Å². The van der Waals surface area contributed by atoms with Gasteiger partial charge >= 0.3 is 0 Å². The molecule has 0 fully saturated rings. The fourth-order valence-corrected chi connectivity index (χ4v) is 2.47. The van der Waals surface area contributed by atoms with Crippen LogP contribution >= 0.6 is 38.9 Å². The van der Waals surface area contributed by atoms with Crippen molar-refractivity contribution in [1.29, 1.82) is 0 Å². The van der Waals surface area contributed by atoms with Gasteiger partial charge in [0.05, 0.1) is 13.7 Å². The minimum absolute atomic E-state index is 0.680. The van der Waals surface area contributed by atoms with E-state index in [1.54, 1.807) is 6.20 Å². The predicted octanol–water partition coefficient (Wildman–Crippen LogP) is 3.66. The molecule has 78 valence electrons. The number of thiophene rings is 1. The van der Waals surface area contributed by atoms with Crippen LogP contribution in [0.2, 0.25) is 4.34 Å². The van der Waals surface area contributed by atoms with Crippen molar-refractivity contribution in [2.24, 2.45) is 0 Å². The highest BCUT2D eigenvalue weighted by Crippen LogP contribution is 2.30. The maximum absolute atomic E-state index is 5.85. The number of nitrogens with zero attached hydrogens (tertiary/aromatic N) is 2. The summed E-state index contributed by atoms with van der Waals surface area (Å²) in [7, 11) is 1.82. The fraction of sp³-hybridized carbons (Fsp3) is 0.111. The molecule has 15 heavy (non-hydrogen) atoms. The Bertz CT molecular complexity index is 486. The summed E-state index contributed by atoms with van der Waals surface area (Å²) in [5, 5.41) is 2.99. The fourth-order valence-electron chi connectivity index (χ4n) is 1.10. The molecule has 2 aromatic rings. The van der Waals surface area contributed by atoms with Gasteiger partial charge in [-0.15, -0.1) is 11.3 Å². The third-order valence-corrected chi connectivity index (χ3v) is 3.58. The van der Waals surface area contributed by atoms with E-state index in [1.807, 2.05) is 19.2 Å². The third kappa shape index (κ3) is 2.30. The average molecular weight is 305 g/mol. The minimum Gasteiger partial charge on any atom is -0.372 e. The number of rotatable bonds is 2. The molecule has 3 nitrogen and oxygen atoms in total. The lowest BCUT2D eigenvalue weighted by atomic mass is 10.4. The quantitative estimate of drug-likeness (QED) is 0.920. The summed E-state index contributed by atoms with van der Waals surface area (Å²) in [5.74, 6) is 1.45. The lowest BCUT2D eigenvalue weighted by Crippen LogP contribution is -1.96. The molecule has 2 rings (SSSR count). The Labute approximate surface area is 105 Å². The van der Waals surface area contributed by atoms with Crippen molar-refractivity contribution in [3.05, 3.63) is 27.1 Å². The van der Waals surface area contributed by atoms with Crippen LogP contribution in [0.4, 0.5) is 5.82 Å². The largest absolute Gasteiger partial charge is 0.372 e. The van der Waals surface area contributed by atoms with Crippen LogP contribution in [-0.4, -0.2) is 17.0 Å². The Balaban J connectivity index is 2.45. The van der Waals surface area contributed by atoms with Crippen LogP contribution in [0.1, 0.15) is 0 Å². The second-order valence-electron chi connectivity index (χ2n) is 2.74. The molecule has 0 aliphatic rings. The van der Waals surface area contributed by atoms with E-state index in [4.69, 9.17) is 11.6 Å². The smallest absolute Gasteiger partial charge is 0.171 e. The zero-order valence-corrected chi connectivity index (χ0v) is 10.9. The van der Waals surface area contributed by atoms with E-state index in [-0.39, 0.29) is 0 Å². The first-order valence-electron chi connectivity index (χ1n) is 4.16. The van der Waals surface area contributed by atoms with Crippen molar-refractivity contribution < 1.29 is 0 Å². The minimum atomic E-state index is 0.680. The van der Waals surface area contributed by atoms with Crippen molar-refractivity contribution in [2.75, 3.05) is 12.4 Å². The molecule has 0 atom stereocenters. The molecule has 0 aromatic carbocycles. The van der Waals surface area contributed by atoms with Gasteiger partial charge in [0.15, 0.2) is 5.82 Å². The maximum atomic E-state index is 5.85. The molecule has 2 heterocycles. The van der Waals surface area contributed by atoms with Crippen molar-refractivity contribution in [3.63, 3.8) is 0 Å². The number of hydrogen-bond donors (Lipinski definition) is 1. The van der Waals surface area contributed by atoms with Crippen molar-refractivity contribution in [1.82, 2.24) is 9.97 Å². The lowest BCUT2D eigenvalue weighted by molar-refractivity contribution is 1.16. The predicted molar refractivity (Wildman–Crippen MR) is 67.6 cm³/mol. The van der Waals surface area contributed by atoms with E-state index in [0.29, 0.717) is 5.82 Å². The highest BCUT2D eigenvalue weighted by Gasteiger charge is 2.07. The summed E-state index contributed by atoms with van der Waals surface area (Å²) in [6, 6.07) is 3.75. The monoisotopic (exact) mass is 303 g/mol. The van der Waals surface area contributed by atoms with Gasteiger partial charge in [-0.2, -0.15) is 0 Å². The first-order chi connectivity index (χ1) is 7.20. The summed E-state index contributed by atoms with van der Waals surface area (Å²) in [4.78, 5) is 9.54. The summed E-state index contributed by atoms with van der Waals surface area (Å²) >= 11 is 10.7. The molecule has 0 aliphatic carbocycles. The number of aromatic nitrogens is 2. The summed E-state index contributed by atoms with van der Waals surface area (Å²) in [6.45, 7) is 0. The normalized spacial score (nSPS) is 10.3. The number of anilines is 1. The van der Waals surface area contributed by atoms with Gasteiger partial charge in [0, 0.05) is 13.2 Å². The Hall–Kier alpha value is -0.650. The van der Waals surface area contributed by atoms with Gasteiger partial charge < -0.3 is 5.32 Å². The molecule has 0 bridgehead atoms. The second-order valence-corrected chi connectivity index (χ2v) is 5.31. The van der Waals surface area contributed by atoms with Crippen molar-refractivity contribution in [2.45, 2.75) is 0 Å². The molecule has 2 aromatic heterocycles. The second kappa shape index (κ2) is 4.47. The molecule has 0 aliphatic heterocycles. The van der Waals surface area contributed by atoms with E-state index in [1.165, 1.54) is 11.3 Å². The lowest BCUT2D eigenvalue weighted by Gasteiger charge is -2.03. The highest BCUT2D eigenvalue weighted by atomic mass is 79.9. The van der Waals surface area contributed by atoms with Crippen LogP contribution in [0, 0.1) is 0 Å². The molecule has 0 saturated carbocycles. The first-order valence-corrected chi connectivity index (χ1v) is 6.15. The zero-order valence-electron chi connectivity index (χ0n) is 7.79. The summed E-state index contributed by atoms with van der Waals surface area (Å²) < 4.78 is 1.58. The standard InChI is InChI=1S/C9H7BrClN3S/c1-12-8-5(10)4-13-9(14-8)6-2-3-7(11)15-6/h2-4H,1H3,(H,12,13,14). The molecule has 0 saturated heterocycles. The molecule has 6 heteroatoms. The van der Waals surface area contributed by atoms with E-state index in [0.717, 1.165) is 19.5 Å². The van der Waals surface area contributed by atoms with E-state index >= 15 is 0 Å². The summed E-state index contributed by atoms with van der Waals surface area (Å²) in [5.41, 5.74) is 0. The number of hydrogen-bond acceptors (Lipinski definition) is 4. The number of nitrogens with one attached hydrogen (secondary N) is 1. The van der Waals surface area contributed by atoms with Gasteiger partial charge in [0.2, 0.25) is 0 Å². The molecule has 0 radical (unpaired) electrons. The van der Waals surface area contributed by atoms with Crippen LogP contribution in [0.5, 0.6) is 0 Å². The Morgan fingerprint density at radius 1 is 1.47 bits per heavy atom. The Morgan fingerprint density at radius 2 is 2.27 bits per heavy atom. The average Bonchev–Trinajstić information content (AvgIpc) is 2.66. The zero-order chi connectivity index (χ0) is 10.8. The molecule has 1 N–H and O–H groups in total. The number of halogens is 2. The van der Waals surface area contributed by atoms with Crippen LogP contribution in [0.3, 0.4) is 0 Å². The van der Waals surface area contributed by atoms with E-state index in [9.17, 15) is 0 Å². The highest BCUT2D eigenvalue weighted by molar-refractivity contribution is 9.10. The Morgan fingerprint density at radius 3 is 2.87 bits per heavy atom. The van der Waals surface area contributed by atoms with Crippen LogP contribution in [0.15, 0.2) is 22.8 Å². The van der Waals surface area contributed by atoms with Crippen LogP contribution in [0.25, 0.3) is 10.7 Å².